The number of pyridine rings is 1. The van der Waals surface area contributed by atoms with E-state index in [-0.39, 0.29) is 0 Å². The van der Waals surface area contributed by atoms with E-state index in [0.29, 0.717) is 4.99 Å². The monoisotopic (exact) mass is 361 g/mol. The first-order chi connectivity index (χ1) is 10.0. The second-order valence-electron chi connectivity index (χ2n) is 5.32. The fraction of sp³-hybridized carbons (Fsp3) is 0.250. The van der Waals surface area contributed by atoms with Gasteiger partial charge >= 0.3 is 0 Å². The standard InChI is InChI=1S/C16H16BrN3S/c1-9-5-6-12(17)14(7-9)20-16-11(15(18)21)8-10-3-2-4-13(10)19-16/h5-8H,2-4H2,1H3,(H2,18,21)(H,19,20). The van der Waals surface area contributed by atoms with E-state index < -0.39 is 0 Å². The molecule has 3 rings (SSSR count). The number of rotatable bonds is 3. The normalized spacial score (nSPS) is 13.0. The maximum atomic E-state index is 5.87. The van der Waals surface area contributed by atoms with Crippen LogP contribution in [-0.2, 0) is 12.8 Å². The summed E-state index contributed by atoms with van der Waals surface area (Å²) in [5.74, 6) is 0.745. The van der Waals surface area contributed by atoms with Crippen LogP contribution < -0.4 is 11.1 Å². The van der Waals surface area contributed by atoms with Gasteiger partial charge in [-0.3, -0.25) is 0 Å². The highest BCUT2D eigenvalue weighted by Gasteiger charge is 2.18. The zero-order valence-corrected chi connectivity index (χ0v) is 14.1. The topological polar surface area (TPSA) is 50.9 Å². The summed E-state index contributed by atoms with van der Waals surface area (Å²) in [7, 11) is 0. The Kier molecular flexibility index (Phi) is 3.95. The molecule has 3 nitrogen and oxygen atoms in total. The lowest BCUT2D eigenvalue weighted by molar-refractivity contribution is 0.900. The molecule has 108 valence electrons. The van der Waals surface area contributed by atoms with Gasteiger partial charge in [-0.1, -0.05) is 18.3 Å². The van der Waals surface area contributed by atoms with Crippen molar-refractivity contribution in [3.05, 3.63) is 51.1 Å². The Balaban J connectivity index is 2.05. The number of thiocarbonyl (C=S) groups is 1. The van der Waals surface area contributed by atoms with Crippen LogP contribution in [0.2, 0.25) is 0 Å². The molecule has 0 aliphatic heterocycles. The predicted molar refractivity (Wildman–Crippen MR) is 94.3 cm³/mol. The molecule has 5 heteroatoms. The van der Waals surface area contributed by atoms with Gasteiger partial charge in [0.25, 0.3) is 0 Å². The summed E-state index contributed by atoms with van der Waals surface area (Å²) in [5, 5.41) is 3.37. The van der Waals surface area contributed by atoms with E-state index >= 15 is 0 Å². The number of hydrogen-bond acceptors (Lipinski definition) is 3. The van der Waals surface area contributed by atoms with Gasteiger partial charge in [0.05, 0.1) is 11.3 Å². The molecule has 0 saturated heterocycles. The number of nitrogens with zero attached hydrogens (tertiary/aromatic N) is 1. The summed E-state index contributed by atoms with van der Waals surface area (Å²) in [6.07, 6.45) is 3.24. The van der Waals surface area contributed by atoms with Gasteiger partial charge in [0, 0.05) is 10.2 Å². The van der Waals surface area contributed by atoms with Crippen molar-refractivity contribution >= 4 is 44.6 Å². The molecular weight excluding hydrogens is 346 g/mol. The Morgan fingerprint density at radius 1 is 1.33 bits per heavy atom. The van der Waals surface area contributed by atoms with E-state index in [1.807, 2.05) is 6.07 Å². The molecule has 0 spiro atoms. The number of anilines is 2. The highest BCUT2D eigenvalue weighted by atomic mass is 79.9. The van der Waals surface area contributed by atoms with Crippen LogP contribution in [0.3, 0.4) is 0 Å². The quantitative estimate of drug-likeness (QED) is 0.810. The molecule has 0 radical (unpaired) electrons. The number of aryl methyl sites for hydroxylation is 3. The largest absolute Gasteiger partial charge is 0.389 e. The van der Waals surface area contributed by atoms with Crippen molar-refractivity contribution in [3.8, 4) is 0 Å². The highest BCUT2D eigenvalue weighted by Crippen LogP contribution is 2.30. The molecule has 0 saturated carbocycles. The minimum Gasteiger partial charge on any atom is -0.389 e. The first-order valence-corrected chi connectivity index (χ1v) is 8.10. The van der Waals surface area contributed by atoms with Gasteiger partial charge in [0.2, 0.25) is 0 Å². The SMILES string of the molecule is Cc1ccc(Br)c(Nc2nc3c(cc2C(N)=S)CCC3)c1. The van der Waals surface area contributed by atoms with E-state index in [0.717, 1.165) is 46.5 Å². The van der Waals surface area contributed by atoms with Gasteiger partial charge in [-0.25, -0.2) is 4.98 Å². The number of halogens is 1. The molecule has 3 N–H and O–H groups in total. The maximum Gasteiger partial charge on any atom is 0.140 e. The van der Waals surface area contributed by atoms with Crippen molar-refractivity contribution in [2.24, 2.45) is 5.73 Å². The second-order valence-corrected chi connectivity index (χ2v) is 6.61. The van der Waals surface area contributed by atoms with Crippen molar-refractivity contribution in [1.29, 1.82) is 0 Å². The molecule has 2 aromatic rings. The molecular formula is C16H16BrN3S. The Bertz CT molecular complexity index is 728. The third-order valence-corrected chi connectivity index (χ3v) is 4.60. The lowest BCUT2D eigenvalue weighted by Crippen LogP contribution is -2.14. The van der Waals surface area contributed by atoms with Crippen LogP contribution in [0.15, 0.2) is 28.7 Å². The lowest BCUT2D eigenvalue weighted by Gasteiger charge is -2.14. The van der Waals surface area contributed by atoms with Gasteiger partial charge in [-0.05, 0) is 71.4 Å². The summed E-state index contributed by atoms with van der Waals surface area (Å²) in [4.78, 5) is 5.12. The van der Waals surface area contributed by atoms with Crippen LogP contribution >= 0.6 is 28.1 Å². The van der Waals surface area contributed by atoms with Gasteiger partial charge in [-0.2, -0.15) is 0 Å². The smallest absolute Gasteiger partial charge is 0.140 e. The second kappa shape index (κ2) is 5.73. The number of benzene rings is 1. The molecule has 0 amide bonds. The van der Waals surface area contributed by atoms with Crippen LogP contribution in [0.5, 0.6) is 0 Å². The molecule has 1 aromatic heterocycles. The number of nitrogens with two attached hydrogens (primary N) is 1. The number of hydrogen-bond donors (Lipinski definition) is 2. The van der Waals surface area contributed by atoms with Crippen molar-refractivity contribution in [2.75, 3.05) is 5.32 Å². The third kappa shape index (κ3) is 2.94. The lowest BCUT2D eigenvalue weighted by atomic mass is 10.1. The van der Waals surface area contributed by atoms with E-state index in [9.17, 15) is 0 Å². The van der Waals surface area contributed by atoms with Crippen molar-refractivity contribution in [3.63, 3.8) is 0 Å². The minimum atomic E-state index is 0.378. The molecule has 1 aliphatic carbocycles. The highest BCUT2D eigenvalue weighted by molar-refractivity contribution is 9.10. The fourth-order valence-electron chi connectivity index (χ4n) is 2.62. The minimum absolute atomic E-state index is 0.378. The Morgan fingerprint density at radius 2 is 2.14 bits per heavy atom. The molecule has 1 aromatic carbocycles. The number of nitrogens with one attached hydrogen (secondary N) is 1. The van der Waals surface area contributed by atoms with Crippen molar-refractivity contribution in [2.45, 2.75) is 26.2 Å². The van der Waals surface area contributed by atoms with Crippen LogP contribution in [0.4, 0.5) is 11.5 Å². The van der Waals surface area contributed by atoms with Gasteiger partial charge < -0.3 is 11.1 Å². The fourth-order valence-corrected chi connectivity index (χ4v) is 3.12. The predicted octanol–water partition coefficient (Wildman–Crippen LogP) is 4.02. The molecule has 0 atom stereocenters. The first-order valence-electron chi connectivity index (χ1n) is 6.90. The van der Waals surface area contributed by atoms with Crippen LogP contribution in [0.1, 0.15) is 28.8 Å². The van der Waals surface area contributed by atoms with Crippen LogP contribution in [0.25, 0.3) is 0 Å². The molecule has 0 bridgehead atoms. The molecule has 1 aliphatic rings. The molecule has 0 unspecified atom stereocenters. The van der Waals surface area contributed by atoms with Gasteiger partial charge in [0.1, 0.15) is 10.8 Å². The van der Waals surface area contributed by atoms with E-state index in [4.69, 9.17) is 22.9 Å². The van der Waals surface area contributed by atoms with E-state index in [2.05, 4.69) is 46.4 Å². The number of fused-ring (bicyclic) bond motifs is 1. The van der Waals surface area contributed by atoms with E-state index in [1.165, 1.54) is 11.1 Å². The van der Waals surface area contributed by atoms with Crippen LogP contribution in [0, 0.1) is 6.92 Å². The third-order valence-electron chi connectivity index (χ3n) is 3.69. The number of aromatic nitrogens is 1. The average molecular weight is 362 g/mol. The van der Waals surface area contributed by atoms with Crippen molar-refractivity contribution < 1.29 is 0 Å². The zero-order valence-electron chi connectivity index (χ0n) is 11.7. The Labute approximate surface area is 138 Å². The zero-order chi connectivity index (χ0) is 15.0. The average Bonchev–Trinajstić information content (AvgIpc) is 2.89. The molecule has 1 heterocycles. The van der Waals surface area contributed by atoms with Gasteiger partial charge in [-0.15, -0.1) is 0 Å². The maximum absolute atomic E-state index is 5.87. The van der Waals surface area contributed by atoms with Crippen LogP contribution in [-0.4, -0.2) is 9.97 Å². The van der Waals surface area contributed by atoms with Crippen molar-refractivity contribution in [1.82, 2.24) is 4.98 Å². The summed E-state index contributed by atoms with van der Waals surface area (Å²) in [5.41, 5.74) is 11.3. The molecule has 21 heavy (non-hydrogen) atoms. The Morgan fingerprint density at radius 3 is 2.90 bits per heavy atom. The summed E-state index contributed by atoms with van der Waals surface area (Å²) < 4.78 is 0.990. The Hall–Kier alpha value is -1.46. The summed E-state index contributed by atoms with van der Waals surface area (Å²) in [6.45, 7) is 2.06. The summed E-state index contributed by atoms with van der Waals surface area (Å²) in [6, 6.07) is 8.23. The molecule has 0 fully saturated rings. The van der Waals surface area contributed by atoms with E-state index in [1.54, 1.807) is 0 Å². The summed E-state index contributed by atoms with van der Waals surface area (Å²) >= 11 is 8.74. The van der Waals surface area contributed by atoms with Gasteiger partial charge in [0.15, 0.2) is 0 Å². The first kappa shape index (κ1) is 14.5.